The van der Waals surface area contributed by atoms with Crippen LogP contribution in [0, 0.1) is 18.6 Å². The highest BCUT2D eigenvalue weighted by atomic mass is 19.3. The van der Waals surface area contributed by atoms with Gasteiger partial charge in [0.1, 0.15) is 18.2 Å². The van der Waals surface area contributed by atoms with Crippen LogP contribution in [0.4, 0.5) is 17.6 Å². The Balaban J connectivity index is 2.56. The molecule has 6 heteroatoms. The minimum absolute atomic E-state index is 0.0266. The first-order valence-corrected chi connectivity index (χ1v) is 5.48. The van der Waals surface area contributed by atoms with Gasteiger partial charge in [0.15, 0.2) is 0 Å². The lowest BCUT2D eigenvalue weighted by Gasteiger charge is -2.14. The minimum Gasteiger partial charge on any atom is -0.375 e. The van der Waals surface area contributed by atoms with E-state index in [1.165, 1.54) is 6.92 Å². The van der Waals surface area contributed by atoms with Gasteiger partial charge in [-0.25, -0.2) is 17.6 Å². The molecule has 2 N–H and O–H groups in total. The minimum atomic E-state index is -2.55. The van der Waals surface area contributed by atoms with E-state index in [9.17, 15) is 17.6 Å². The molecular weight excluding hydrogens is 250 g/mol. The molecule has 0 spiro atoms. The average Bonchev–Trinajstić information content (AvgIpc) is 2.28. The number of rotatable bonds is 6. The summed E-state index contributed by atoms with van der Waals surface area (Å²) in [4.78, 5) is 0. The van der Waals surface area contributed by atoms with Crippen molar-refractivity contribution in [3.63, 3.8) is 0 Å². The van der Waals surface area contributed by atoms with E-state index in [0.29, 0.717) is 0 Å². The van der Waals surface area contributed by atoms with Crippen molar-refractivity contribution < 1.29 is 22.3 Å². The fourth-order valence-electron chi connectivity index (χ4n) is 1.48. The highest BCUT2D eigenvalue weighted by molar-refractivity contribution is 5.27. The second kappa shape index (κ2) is 6.70. The van der Waals surface area contributed by atoms with Gasteiger partial charge >= 0.3 is 0 Å². The van der Waals surface area contributed by atoms with Crippen molar-refractivity contribution in [2.24, 2.45) is 5.73 Å². The molecule has 0 aliphatic rings. The maximum Gasteiger partial charge on any atom is 0.261 e. The number of alkyl halides is 2. The Bertz CT molecular complexity index is 398. The maximum absolute atomic E-state index is 13.5. The summed E-state index contributed by atoms with van der Waals surface area (Å²) in [6, 6.07) is 1.31. The standard InChI is InChI=1S/C12H15F4NO/c1-7-4-10(14)8(5-9(7)13)11(17)2-3-18-6-12(15)16/h4-5,11-12H,2-3,6,17H2,1H3. The third kappa shape index (κ3) is 4.27. The first kappa shape index (κ1) is 14.9. The Kier molecular flexibility index (Phi) is 5.55. The van der Waals surface area contributed by atoms with Crippen LogP contribution in [-0.2, 0) is 4.74 Å². The normalized spacial score (nSPS) is 13.1. The van der Waals surface area contributed by atoms with Crippen molar-refractivity contribution in [3.8, 4) is 0 Å². The quantitative estimate of drug-likeness (QED) is 0.634. The Morgan fingerprint density at radius 2 is 1.89 bits per heavy atom. The van der Waals surface area contributed by atoms with Gasteiger partial charge in [0, 0.05) is 18.2 Å². The fraction of sp³-hybridized carbons (Fsp3) is 0.500. The van der Waals surface area contributed by atoms with Crippen LogP contribution in [-0.4, -0.2) is 19.6 Å². The van der Waals surface area contributed by atoms with E-state index in [2.05, 4.69) is 4.74 Å². The SMILES string of the molecule is Cc1cc(F)c(C(N)CCOCC(F)F)cc1F. The van der Waals surface area contributed by atoms with Crippen LogP contribution in [0.3, 0.4) is 0 Å². The molecule has 0 radical (unpaired) electrons. The van der Waals surface area contributed by atoms with Crippen LogP contribution >= 0.6 is 0 Å². The zero-order chi connectivity index (χ0) is 13.7. The molecule has 18 heavy (non-hydrogen) atoms. The second-order valence-corrected chi connectivity index (χ2v) is 3.98. The van der Waals surface area contributed by atoms with E-state index >= 15 is 0 Å². The number of aryl methyl sites for hydroxylation is 1. The molecule has 0 saturated carbocycles. The van der Waals surface area contributed by atoms with Gasteiger partial charge in [0.25, 0.3) is 6.43 Å². The van der Waals surface area contributed by atoms with Gasteiger partial charge in [-0.2, -0.15) is 0 Å². The molecule has 1 atom stereocenters. The molecule has 1 rings (SSSR count). The molecule has 1 aromatic carbocycles. The van der Waals surface area contributed by atoms with Gasteiger partial charge in [-0.3, -0.25) is 0 Å². The van der Waals surface area contributed by atoms with Crippen molar-refractivity contribution in [1.82, 2.24) is 0 Å². The molecule has 0 aliphatic carbocycles. The molecule has 102 valence electrons. The summed E-state index contributed by atoms with van der Waals surface area (Å²) in [5.41, 5.74) is 5.88. The highest BCUT2D eigenvalue weighted by Crippen LogP contribution is 2.21. The van der Waals surface area contributed by atoms with Gasteiger partial charge in [0.2, 0.25) is 0 Å². The van der Waals surface area contributed by atoms with Gasteiger partial charge in [0.05, 0.1) is 0 Å². The summed E-state index contributed by atoms with van der Waals surface area (Å²) in [5.74, 6) is -1.15. The van der Waals surface area contributed by atoms with Crippen LogP contribution in [0.25, 0.3) is 0 Å². The lowest BCUT2D eigenvalue weighted by atomic mass is 10.0. The van der Waals surface area contributed by atoms with E-state index < -0.39 is 30.7 Å². The van der Waals surface area contributed by atoms with Gasteiger partial charge in [-0.15, -0.1) is 0 Å². The summed E-state index contributed by atoms with van der Waals surface area (Å²) in [6.45, 7) is 0.734. The molecular formula is C12H15F4NO. The summed E-state index contributed by atoms with van der Waals surface area (Å²) >= 11 is 0. The first-order valence-electron chi connectivity index (χ1n) is 5.48. The number of hydrogen-bond donors (Lipinski definition) is 1. The van der Waals surface area contributed by atoms with Crippen LogP contribution in [0.5, 0.6) is 0 Å². The molecule has 0 aliphatic heterocycles. The topological polar surface area (TPSA) is 35.2 Å². The molecule has 1 unspecified atom stereocenters. The van der Waals surface area contributed by atoms with Crippen molar-refractivity contribution in [3.05, 3.63) is 34.9 Å². The number of benzene rings is 1. The van der Waals surface area contributed by atoms with Crippen molar-refractivity contribution >= 4 is 0 Å². The number of ether oxygens (including phenoxy) is 1. The molecule has 0 saturated heterocycles. The third-order valence-corrected chi connectivity index (χ3v) is 2.49. The molecule has 0 bridgehead atoms. The number of hydrogen-bond acceptors (Lipinski definition) is 2. The fourth-order valence-corrected chi connectivity index (χ4v) is 1.48. The monoisotopic (exact) mass is 265 g/mol. The predicted octanol–water partition coefficient (Wildman–Crippen LogP) is 2.94. The molecule has 2 nitrogen and oxygen atoms in total. The average molecular weight is 265 g/mol. The Morgan fingerprint density at radius 1 is 1.22 bits per heavy atom. The van der Waals surface area contributed by atoms with Crippen molar-refractivity contribution in [2.75, 3.05) is 13.2 Å². The van der Waals surface area contributed by atoms with Crippen molar-refractivity contribution in [2.45, 2.75) is 25.8 Å². The van der Waals surface area contributed by atoms with Crippen LogP contribution < -0.4 is 5.73 Å². The van der Waals surface area contributed by atoms with E-state index in [4.69, 9.17) is 5.73 Å². The Hall–Kier alpha value is -1.14. The predicted molar refractivity (Wildman–Crippen MR) is 59.5 cm³/mol. The smallest absolute Gasteiger partial charge is 0.261 e. The molecule has 0 fully saturated rings. The van der Waals surface area contributed by atoms with Crippen LogP contribution in [0.2, 0.25) is 0 Å². The zero-order valence-electron chi connectivity index (χ0n) is 9.93. The molecule has 0 amide bonds. The third-order valence-electron chi connectivity index (χ3n) is 2.49. The number of nitrogens with two attached hydrogens (primary N) is 1. The lowest BCUT2D eigenvalue weighted by Crippen LogP contribution is -2.16. The van der Waals surface area contributed by atoms with E-state index in [-0.39, 0.29) is 24.2 Å². The second-order valence-electron chi connectivity index (χ2n) is 3.98. The summed E-state index contributed by atoms with van der Waals surface area (Å²) in [6.07, 6.45) is -2.40. The van der Waals surface area contributed by atoms with Gasteiger partial charge in [-0.05, 0) is 31.0 Å². The number of halogens is 4. The highest BCUT2D eigenvalue weighted by Gasteiger charge is 2.14. The van der Waals surface area contributed by atoms with Crippen LogP contribution in [0.15, 0.2) is 12.1 Å². The van der Waals surface area contributed by atoms with E-state index in [0.717, 1.165) is 12.1 Å². The summed E-state index contributed by atoms with van der Waals surface area (Å²) in [7, 11) is 0. The molecule has 0 heterocycles. The zero-order valence-corrected chi connectivity index (χ0v) is 9.93. The van der Waals surface area contributed by atoms with E-state index in [1.54, 1.807) is 0 Å². The first-order chi connectivity index (χ1) is 8.41. The Morgan fingerprint density at radius 3 is 2.50 bits per heavy atom. The molecule has 0 aromatic heterocycles. The largest absolute Gasteiger partial charge is 0.375 e. The maximum atomic E-state index is 13.5. The van der Waals surface area contributed by atoms with Gasteiger partial charge < -0.3 is 10.5 Å². The van der Waals surface area contributed by atoms with Crippen LogP contribution in [0.1, 0.15) is 23.6 Å². The summed E-state index contributed by atoms with van der Waals surface area (Å²) < 4.78 is 55.0. The van der Waals surface area contributed by atoms with Gasteiger partial charge in [-0.1, -0.05) is 0 Å². The Labute approximate surface area is 103 Å². The molecule has 1 aromatic rings. The van der Waals surface area contributed by atoms with Crippen molar-refractivity contribution in [1.29, 1.82) is 0 Å². The lowest BCUT2D eigenvalue weighted by molar-refractivity contribution is 0.0151. The summed E-state index contributed by atoms with van der Waals surface area (Å²) in [5, 5.41) is 0. The van der Waals surface area contributed by atoms with E-state index in [1.807, 2.05) is 0 Å².